The predicted molar refractivity (Wildman–Crippen MR) is 70.8 cm³/mol. The number of amides is 1. The van der Waals surface area contributed by atoms with Gasteiger partial charge in [0.2, 0.25) is 5.91 Å². The molecule has 1 heterocycles. The van der Waals surface area contributed by atoms with E-state index in [9.17, 15) is 4.79 Å². The Bertz CT molecular complexity index is 253. The summed E-state index contributed by atoms with van der Waals surface area (Å²) in [7, 11) is 2.15. The first-order valence-corrected chi connectivity index (χ1v) is 6.69. The van der Waals surface area contributed by atoms with E-state index in [2.05, 4.69) is 25.8 Å². The molecule has 0 aromatic carbocycles. The van der Waals surface area contributed by atoms with Crippen molar-refractivity contribution in [2.75, 3.05) is 20.1 Å². The highest BCUT2D eigenvalue weighted by Gasteiger charge is 2.26. The van der Waals surface area contributed by atoms with Crippen LogP contribution in [0.2, 0.25) is 0 Å². The molecular weight excluding hydrogens is 214 g/mol. The van der Waals surface area contributed by atoms with Gasteiger partial charge in [-0.05, 0) is 47.2 Å². The van der Waals surface area contributed by atoms with E-state index in [1.165, 1.54) is 19.3 Å². The average molecular weight is 241 g/mol. The Morgan fingerprint density at radius 1 is 1.41 bits per heavy atom. The van der Waals surface area contributed by atoms with Crippen LogP contribution in [0.15, 0.2) is 0 Å². The van der Waals surface area contributed by atoms with Crippen molar-refractivity contribution in [3.8, 4) is 0 Å². The van der Waals surface area contributed by atoms with Gasteiger partial charge < -0.3 is 15.5 Å². The maximum absolute atomic E-state index is 12.0. The third-order valence-electron chi connectivity index (χ3n) is 3.62. The molecule has 2 N–H and O–H groups in total. The maximum Gasteiger partial charge on any atom is 0.239 e. The van der Waals surface area contributed by atoms with E-state index in [1.54, 1.807) is 6.92 Å². The van der Waals surface area contributed by atoms with Gasteiger partial charge in [0, 0.05) is 18.6 Å². The summed E-state index contributed by atoms with van der Waals surface area (Å²) in [4.78, 5) is 16.3. The summed E-state index contributed by atoms with van der Waals surface area (Å²) in [6.45, 7) is 7.84. The molecule has 1 saturated heterocycles. The molecule has 17 heavy (non-hydrogen) atoms. The topological polar surface area (TPSA) is 49.6 Å². The van der Waals surface area contributed by atoms with Crippen LogP contribution in [0.5, 0.6) is 0 Å². The van der Waals surface area contributed by atoms with Crippen LogP contribution in [0, 0.1) is 0 Å². The Morgan fingerprint density at radius 2 is 2.06 bits per heavy atom. The van der Waals surface area contributed by atoms with Crippen molar-refractivity contribution in [3.05, 3.63) is 0 Å². The van der Waals surface area contributed by atoms with Crippen molar-refractivity contribution < 1.29 is 4.79 Å². The average Bonchev–Trinajstić information content (AvgIpc) is 2.26. The van der Waals surface area contributed by atoms with Crippen LogP contribution in [0.1, 0.15) is 40.0 Å². The summed E-state index contributed by atoms with van der Waals surface area (Å²) in [6, 6.07) is 0.323. The molecule has 100 valence electrons. The van der Waals surface area contributed by atoms with E-state index < -0.39 is 6.04 Å². The van der Waals surface area contributed by atoms with E-state index in [-0.39, 0.29) is 11.9 Å². The van der Waals surface area contributed by atoms with Gasteiger partial charge in [-0.2, -0.15) is 0 Å². The van der Waals surface area contributed by atoms with Crippen LogP contribution in [0.4, 0.5) is 0 Å². The number of nitrogens with zero attached hydrogens (tertiary/aromatic N) is 2. The SMILES string of the molecule is CC(N)C(=O)N(CC1CCCCN1C)C(C)C. The summed E-state index contributed by atoms with van der Waals surface area (Å²) in [6.07, 6.45) is 3.73. The van der Waals surface area contributed by atoms with Gasteiger partial charge in [-0.15, -0.1) is 0 Å². The zero-order valence-electron chi connectivity index (χ0n) is 11.6. The van der Waals surface area contributed by atoms with Gasteiger partial charge in [0.25, 0.3) is 0 Å². The molecule has 1 aliphatic rings. The molecule has 0 aromatic rings. The number of hydrogen-bond donors (Lipinski definition) is 1. The Hall–Kier alpha value is -0.610. The molecule has 0 aromatic heterocycles. The van der Waals surface area contributed by atoms with Crippen LogP contribution < -0.4 is 5.73 Å². The Labute approximate surface area is 105 Å². The van der Waals surface area contributed by atoms with E-state index in [4.69, 9.17) is 5.73 Å². The predicted octanol–water partition coefficient (Wildman–Crippen LogP) is 1.05. The molecule has 4 nitrogen and oxygen atoms in total. The summed E-state index contributed by atoms with van der Waals surface area (Å²) in [5.74, 6) is 0.0685. The first-order valence-electron chi connectivity index (χ1n) is 6.69. The Kier molecular flexibility index (Phi) is 5.40. The van der Waals surface area contributed by atoms with Gasteiger partial charge >= 0.3 is 0 Å². The molecule has 0 saturated carbocycles. The lowest BCUT2D eigenvalue weighted by molar-refractivity contribution is -0.135. The third-order valence-corrected chi connectivity index (χ3v) is 3.62. The highest BCUT2D eigenvalue weighted by atomic mass is 16.2. The second-order valence-corrected chi connectivity index (χ2v) is 5.50. The fraction of sp³-hybridized carbons (Fsp3) is 0.923. The minimum absolute atomic E-state index is 0.0685. The second kappa shape index (κ2) is 6.36. The summed E-state index contributed by atoms with van der Waals surface area (Å²) in [5, 5.41) is 0. The molecule has 0 spiro atoms. The fourth-order valence-corrected chi connectivity index (χ4v) is 2.42. The maximum atomic E-state index is 12.0. The van der Waals surface area contributed by atoms with Crippen molar-refractivity contribution in [1.29, 1.82) is 0 Å². The van der Waals surface area contributed by atoms with Gasteiger partial charge in [0.1, 0.15) is 0 Å². The number of piperidine rings is 1. The molecule has 0 aliphatic carbocycles. The van der Waals surface area contributed by atoms with Gasteiger partial charge in [-0.1, -0.05) is 6.42 Å². The summed E-state index contributed by atoms with van der Waals surface area (Å²) in [5.41, 5.74) is 5.71. The van der Waals surface area contributed by atoms with E-state index in [0.717, 1.165) is 13.1 Å². The lowest BCUT2D eigenvalue weighted by Gasteiger charge is -2.38. The second-order valence-electron chi connectivity index (χ2n) is 5.50. The van der Waals surface area contributed by atoms with Crippen molar-refractivity contribution in [2.24, 2.45) is 5.73 Å². The van der Waals surface area contributed by atoms with E-state index in [1.807, 2.05) is 4.90 Å². The smallest absolute Gasteiger partial charge is 0.239 e. The van der Waals surface area contributed by atoms with Crippen LogP contribution in [-0.4, -0.2) is 54.0 Å². The summed E-state index contributed by atoms with van der Waals surface area (Å²) >= 11 is 0. The quantitative estimate of drug-likeness (QED) is 0.800. The van der Waals surface area contributed by atoms with E-state index in [0.29, 0.717) is 6.04 Å². The van der Waals surface area contributed by atoms with E-state index >= 15 is 0 Å². The molecule has 4 heteroatoms. The molecule has 2 unspecified atom stereocenters. The molecule has 2 atom stereocenters. The number of likely N-dealkylation sites (N-methyl/N-ethyl adjacent to an activating group) is 1. The zero-order chi connectivity index (χ0) is 13.0. The standard InChI is InChI=1S/C13H27N3O/c1-10(2)16(13(17)11(3)14)9-12-7-5-6-8-15(12)4/h10-12H,5-9,14H2,1-4H3. The molecule has 0 bridgehead atoms. The van der Waals surface area contributed by atoms with Crippen molar-refractivity contribution in [2.45, 2.75) is 58.2 Å². The Morgan fingerprint density at radius 3 is 2.53 bits per heavy atom. The molecule has 1 fully saturated rings. The highest BCUT2D eigenvalue weighted by Crippen LogP contribution is 2.17. The molecule has 1 amide bonds. The largest absolute Gasteiger partial charge is 0.337 e. The minimum Gasteiger partial charge on any atom is -0.337 e. The molecule has 1 rings (SSSR count). The van der Waals surface area contributed by atoms with Crippen molar-refractivity contribution >= 4 is 5.91 Å². The number of rotatable bonds is 4. The van der Waals surface area contributed by atoms with Gasteiger partial charge in [-0.3, -0.25) is 4.79 Å². The first-order chi connectivity index (χ1) is 7.93. The number of carbonyl (C=O) groups excluding carboxylic acids is 1. The number of nitrogens with two attached hydrogens (primary N) is 1. The number of hydrogen-bond acceptors (Lipinski definition) is 3. The normalized spacial score (nSPS) is 23.8. The van der Waals surface area contributed by atoms with Crippen LogP contribution in [0.25, 0.3) is 0 Å². The monoisotopic (exact) mass is 241 g/mol. The molecular formula is C13H27N3O. The van der Waals surface area contributed by atoms with Crippen molar-refractivity contribution in [3.63, 3.8) is 0 Å². The lowest BCUT2D eigenvalue weighted by atomic mass is 10.0. The third kappa shape index (κ3) is 3.96. The molecule has 1 aliphatic heterocycles. The lowest BCUT2D eigenvalue weighted by Crippen LogP contribution is -2.52. The fourth-order valence-electron chi connectivity index (χ4n) is 2.42. The Balaban J connectivity index is 2.62. The van der Waals surface area contributed by atoms with Gasteiger partial charge in [0.15, 0.2) is 0 Å². The minimum atomic E-state index is -0.397. The van der Waals surface area contributed by atoms with Crippen LogP contribution in [-0.2, 0) is 4.79 Å². The van der Waals surface area contributed by atoms with Gasteiger partial charge in [0.05, 0.1) is 6.04 Å². The summed E-state index contributed by atoms with van der Waals surface area (Å²) < 4.78 is 0. The number of carbonyl (C=O) groups is 1. The van der Waals surface area contributed by atoms with Gasteiger partial charge in [-0.25, -0.2) is 0 Å². The van der Waals surface area contributed by atoms with Crippen molar-refractivity contribution in [1.82, 2.24) is 9.80 Å². The highest BCUT2D eigenvalue weighted by molar-refractivity contribution is 5.81. The van der Waals surface area contributed by atoms with Crippen LogP contribution in [0.3, 0.4) is 0 Å². The van der Waals surface area contributed by atoms with Crippen LogP contribution >= 0.6 is 0 Å². The number of likely N-dealkylation sites (tertiary alicyclic amines) is 1. The molecule has 0 radical (unpaired) electrons. The first kappa shape index (κ1) is 14.5. The zero-order valence-corrected chi connectivity index (χ0v) is 11.6.